The Balaban J connectivity index is 2.03. The van der Waals surface area contributed by atoms with Crippen LogP contribution in [0.3, 0.4) is 0 Å². The van der Waals surface area contributed by atoms with Crippen LogP contribution >= 0.6 is 0 Å². The molecular weight excluding hydrogens is 434 g/mol. The molecule has 11 heteroatoms. The number of carboxylic acids is 1. The van der Waals surface area contributed by atoms with Crippen LogP contribution in [0.4, 0.5) is 17.6 Å². The van der Waals surface area contributed by atoms with Gasteiger partial charge in [0.25, 0.3) is 0 Å². The van der Waals surface area contributed by atoms with E-state index < -0.39 is 42.4 Å². The SMILES string of the molecule is COc1cccc([C@H]2O[C@H](CC(=O)O)c3nnc(C(F)(F)F)n3-c3ccc(F)cc32)c1C. The third kappa shape index (κ3) is 3.68. The molecule has 4 rings (SSSR count). The molecule has 1 aliphatic heterocycles. The zero-order valence-electron chi connectivity index (χ0n) is 16.9. The number of carboxylic acid groups (broad SMARTS) is 1. The molecular formula is C21H17F4N3O4. The maximum atomic E-state index is 14.3. The Morgan fingerprint density at radius 2 is 1.97 bits per heavy atom. The van der Waals surface area contributed by atoms with E-state index in [0.717, 1.165) is 12.1 Å². The van der Waals surface area contributed by atoms with Crippen LogP contribution in [0.25, 0.3) is 5.69 Å². The van der Waals surface area contributed by atoms with E-state index >= 15 is 0 Å². The summed E-state index contributed by atoms with van der Waals surface area (Å²) in [5.74, 6) is -3.22. The molecule has 0 fully saturated rings. The van der Waals surface area contributed by atoms with Gasteiger partial charge in [0.15, 0.2) is 5.82 Å². The van der Waals surface area contributed by atoms with Crippen molar-refractivity contribution >= 4 is 5.97 Å². The summed E-state index contributed by atoms with van der Waals surface area (Å²) in [6.45, 7) is 1.72. The van der Waals surface area contributed by atoms with Gasteiger partial charge in [-0.05, 0) is 42.3 Å². The predicted octanol–water partition coefficient (Wildman–Crippen LogP) is 4.38. The molecule has 0 saturated heterocycles. The van der Waals surface area contributed by atoms with Gasteiger partial charge in [-0.1, -0.05) is 12.1 Å². The number of hydrogen-bond donors (Lipinski definition) is 1. The van der Waals surface area contributed by atoms with Crippen molar-refractivity contribution in [3.63, 3.8) is 0 Å². The minimum absolute atomic E-state index is 0.0566. The molecule has 2 atom stereocenters. The molecule has 1 aromatic heterocycles. The van der Waals surface area contributed by atoms with Crippen molar-refractivity contribution < 1.29 is 36.9 Å². The van der Waals surface area contributed by atoms with Crippen molar-refractivity contribution in [2.24, 2.45) is 0 Å². The average molecular weight is 451 g/mol. The number of fused-ring (bicyclic) bond motifs is 3. The Labute approximate surface area is 179 Å². The molecule has 0 saturated carbocycles. The van der Waals surface area contributed by atoms with Gasteiger partial charge in [0, 0.05) is 5.56 Å². The van der Waals surface area contributed by atoms with E-state index in [1.807, 2.05) is 0 Å². The highest BCUT2D eigenvalue weighted by atomic mass is 19.4. The average Bonchev–Trinajstić information content (AvgIpc) is 3.12. The van der Waals surface area contributed by atoms with Gasteiger partial charge in [0.05, 0.1) is 19.2 Å². The summed E-state index contributed by atoms with van der Waals surface area (Å²) in [5, 5.41) is 16.2. The number of nitrogens with zero attached hydrogens (tertiary/aromatic N) is 3. The summed E-state index contributed by atoms with van der Waals surface area (Å²) < 4.78 is 67.5. The third-order valence-corrected chi connectivity index (χ3v) is 5.23. The second-order valence-electron chi connectivity index (χ2n) is 7.20. The maximum absolute atomic E-state index is 14.3. The smallest absolute Gasteiger partial charge is 0.452 e. The normalized spacial score (nSPS) is 17.9. The summed E-state index contributed by atoms with van der Waals surface area (Å²) in [5.41, 5.74) is 1.11. The van der Waals surface area contributed by atoms with Gasteiger partial charge in [-0.25, -0.2) is 4.39 Å². The number of ether oxygens (including phenoxy) is 2. The lowest BCUT2D eigenvalue weighted by molar-refractivity contribution is -0.146. The highest BCUT2D eigenvalue weighted by molar-refractivity contribution is 5.67. The minimum atomic E-state index is -4.89. The summed E-state index contributed by atoms with van der Waals surface area (Å²) in [7, 11) is 1.46. The number of benzene rings is 2. The zero-order valence-corrected chi connectivity index (χ0v) is 16.9. The lowest BCUT2D eigenvalue weighted by Crippen LogP contribution is -2.17. The van der Waals surface area contributed by atoms with Crippen LogP contribution in [0.1, 0.15) is 47.0 Å². The molecule has 7 nitrogen and oxygen atoms in total. The van der Waals surface area contributed by atoms with E-state index in [1.165, 1.54) is 13.2 Å². The Kier molecular flexibility index (Phi) is 5.37. The quantitative estimate of drug-likeness (QED) is 0.593. The lowest BCUT2D eigenvalue weighted by Gasteiger charge is -2.24. The largest absolute Gasteiger partial charge is 0.496 e. The minimum Gasteiger partial charge on any atom is -0.496 e. The predicted molar refractivity (Wildman–Crippen MR) is 102 cm³/mol. The maximum Gasteiger partial charge on any atom is 0.452 e. The topological polar surface area (TPSA) is 86.5 Å². The molecule has 0 radical (unpaired) electrons. The summed E-state index contributed by atoms with van der Waals surface area (Å²) >= 11 is 0. The first-order valence-corrected chi connectivity index (χ1v) is 9.45. The Hall–Kier alpha value is -3.47. The molecule has 0 spiro atoms. The number of aromatic nitrogens is 3. The van der Waals surface area contributed by atoms with E-state index in [1.54, 1.807) is 25.1 Å². The molecule has 168 valence electrons. The summed E-state index contributed by atoms with van der Waals surface area (Å²) in [4.78, 5) is 11.5. The number of methoxy groups -OCH3 is 1. The fraction of sp³-hybridized carbons (Fsp3) is 0.286. The molecule has 3 aromatic rings. The first-order valence-electron chi connectivity index (χ1n) is 9.45. The van der Waals surface area contributed by atoms with E-state index in [-0.39, 0.29) is 17.1 Å². The molecule has 2 heterocycles. The monoisotopic (exact) mass is 451 g/mol. The molecule has 32 heavy (non-hydrogen) atoms. The van der Waals surface area contributed by atoms with Crippen molar-refractivity contribution in [3.8, 4) is 11.4 Å². The molecule has 0 aliphatic carbocycles. The van der Waals surface area contributed by atoms with Gasteiger partial charge >= 0.3 is 12.1 Å². The number of halogens is 4. The lowest BCUT2D eigenvalue weighted by atomic mass is 9.95. The van der Waals surface area contributed by atoms with Gasteiger partial charge in [0.2, 0.25) is 5.82 Å². The first-order chi connectivity index (χ1) is 15.1. The highest BCUT2D eigenvalue weighted by Gasteiger charge is 2.43. The fourth-order valence-electron chi connectivity index (χ4n) is 3.84. The second kappa shape index (κ2) is 7.90. The van der Waals surface area contributed by atoms with E-state index in [4.69, 9.17) is 9.47 Å². The molecule has 1 aliphatic rings. The standard InChI is InChI=1S/C21H17F4N3O4/c1-10-12(4-3-5-15(10)31-2)18-13-8-11(22)6-7-14(13)28-19(16(32-18)9-17(29)30)26-27-20(28)21(23,24)25/h3-8,16,18H,9H2,1-2H3,(H,29,30)/t16-,18-/m1/s1. The molecule has 0 bridgehead atoms. The fourth-order valence-corrected chi connectivity index (χ4v) is 3.84. The van der Waals surface area contributed by atoms with Crippen molar-refractivity contribution in [2.75, 3.05) is 7.11 Å². The van der Waals surface area contributed by atoms with Crippen molar-refractivity contribution in [1.82, 2.24) is 14.8 Å². The summed E-state index contributed by atoms with van der Waals surface area (Å²) in [6.07, 6.45) is -8.05. The zero-order chi connectivity index (χ0) is 23.2. The first kappa shape index (κ1) is 21.8. The van der Waals surface area contributed by atoms with Crippen molar-refractivity contribution in [1.29, 1.82) is 0 Å². The van der Waals surface area contributed by atoms with Gasteiger partial charge in [0.1, 0.15) is 23.8 Å². The van der Waals surface area contributed by atoms with Crippen LogP contribution in [0.2, 0.25) is 0 Å². The highest BCUT2D eigenvalue weighted by Crippen LogP contribution is 2.44. The second-order valence-corrected chi connectivity index (χ2v) is 7.20. The van der Waals surface area contributed by atoms with Crippen LogP contribution < -0.4 is 4.74 Å². The number of hydrogen-bond acceptors (Lipinski definition) is 5. The van der Waals surface area contributed by atoms with Gasteiger partial charge in [-0.15, -0.1) is 10.2 Å². The Morgan fingerprint density at radius 1 is 1.22 bits per heavy atom. The van der Waals surface area contributed by atoms with Crippen LogP contribution in [-0.2, 0) is 15.7 Å². The van der Waals surface area contributed by atoms with Gasteiger partial charge in [-0.3, -0.25) is 9.36 Å². The van der Waals surface area contributed by atoms with E-state index in [2.05, 4.69) is 10.2 Å². The van der Waals surface area contributed by atoms with Crippen molar-refractivity contribution in [3.05, 3.63) is 70.6 Å². The molecule has 0 amide bonds. The van der Waals surface area contributed by atoms with Gasteiger partial charge in [-0.2, -0.15) is 13.2 Å². The van der Waals surface area contributed by atoms with Crippen molar-refractivity contribution in [2.45, 2.75) is 31.7 Å². The van der Waals surface area contributed by atoms with Crippen LogP contribution in [-0.4, -0.2) is 33.0 Å². The van der Waals surface area contributed by atoms with Crippen LogP contribution in [0, 0.1) is 12.7 Å². The van der Waals surface area contributed by atoms with Crippen LogP contribution in [0.15, 0.2) is 36.4 Å². The van der Waals surface area contributed by atoms with E-state index in [9.17, 15) is 27.5 Å². The number of carbonyl (C=O) groups is 1. The Bertz CT molecular complexity index is 1190. The molecule has 1 N–H and O–H groups in total. The third-order valence-electron chi connectivity index (χ3n) is 5.23. The number of rotatable bonds is 4. The number of alkyl halides is 3. The van der Waals surface area contributed by atoms with Gasteiger partial charge < -0.3 is 14.6 Å². The Morgan fingerprint density at radius 3 is 2.62 bits per heavy atom. The summed E-state index contributed by atoms with van der Waals surface area (Å²) in [6, 6.07) is 8.24. The van der Waals surface area contributed by atoms with Crippen LogP contribution in [0.5, 0.6) is 5.75 Å². The molecule has 2 aromatic carbocycles. The molecule has 0 unspecified atom stereocenters. The number of aliphatic carboxylic acids is 1. The van der Waals surface area contributed by atoms with E-state index in [0.29, 0.717) is 21.4 Å².